The molecule has 0 saturated carbocycles. The van der Waals surface area contributed by atoms with E-state index in [1.807, 2.05) is 61.5 Å². The van der Waals surface area contributed by atoms with Crippen molar-refractivity contribution in [1.82, 2.24) is 4.90 Å². The van der Waals surface area contributed by atoms with Gasteiger partial charge in [0.15, 0.2) is 6.61 Å². The molecule has 0 spiro atoms. The third kappa shape index (κ3) is 6.35. The van der Waals surface area contributed by atoms with E-state index < -0.39 is 0 Å². The molecule has 32 heavy (non-hydrogen) atoms. The molecular formula is C26H28N2O4. The molecule has 3 rings (SSSR count). The van der Waals surface area contributed by atoms with E-state index in [2.05, 4.69) is 17.4 Å². The van der Waals surface area contributed by atoms with Crippen molar-refractivity contribution >= 4 is 17.5 Å². The molecule has 0 saturated heterocycles. The Labute approximate surface area is 188 Å². The van der Waals surface area contributed by atoms with Gasteiger partial charge in [0.1, 0.15) is 11.5 Å². The first kappa shape index (κ1) is 22.9. The van der Waals surface area contributed by atoms with Gasteiger partial charge in [-0.05, 0) is 36.2 Å². The van der Waals surface area contributed by atoms with Gasteiger partial charge in [-0.15, -0.1) is 0 Å². The summed E-state index contributed by atoms with van der Waals surface area (Å²) in [4.78, 5) is 26.7. The molecule has 3 aromatic carbocycles. The first-order chi connectivity index (χ1) is 15.6. The number of ether oxygens (including phenoxy) is 2. The highest BCUT2D eigenvalue weighted by Gasteiger charge is 2.18. The van der Waals surface area contributed by atoms with Gasteiger partial charge in [-0.2, -0.15) is 0 Å². The summed E-state index contributed by atoms with van der Waals surface area (Å²) in [6.45, 7) is 2.02. The van der Waals surface area contributed by atoms with Crippen LogP contribution in [0.15, 0.2) is 78.9 Å². The standard InChI is InChI=1S/C26H28N2O4/c1-3-28(18-25(29)27-22-14-8-10-16-24(22)31-2)26(30)19-32-23-15-9-7-13-21(23)17-20-11-5-4-6-12-20/h4-16H,3,17-19H2,1-2H3,(H,27,29). The highest BCUT2D eigenvalue weighted by molar-refractivity contribution is 5.95. The molecule has 0 bridgehead atoms. The number of benzene rings is 3. The molecule has 0 aliphatic carbocycles. The molecule has 0 aliphatic heterocycles. The maximum Gasteiger partial charge on any atom is 0.260 e. The second kappa shape index (κ2) is 11.6. The monoisotopic (exact) mass is 432 g/mol. The first-order valence-corrected chi connectivity index (χ1v) is 10.6. The molecule has 3 aromatic rings. The average molecular weight is 433 g/mol. The van der Waals surface area contributed by atoms with Gasteiger partial charge in [-0.25, -0.2) is 0 Å². The van der Waals surface area contributed by atoms with Gasteiger partial charge in [0, 0.05) is 13.0 Å². The van der Waals surface area contributed by atoms with E-state index in [0.29, 0.717) is 30.2 Å². The molecule has 2 amide bonds. The lowest BCUT2D eigenvalue weighted by Crippen LogP contribution is -2.40. The zero-order valence-corrected chi connectivity index (χ0v) is 18.4. The molecule has 0 radical (unpaired) electrons. The minimum absolute atomic E-state index is 0.0671. The summed E-state index contributed by atoms with van der Waals surface area (Å²) >= 11 is 0. The Morgan fingerprint density at radius 1 is 0.875 bits per heavy atom. The highest BCUT2D eigenvalue weighted by Crippen LogP contribution is 2.23. The second-order valence-electron chi connectivity index (χ2n) is 7.22. The van der Waals surface area contributed by atoms with E-state index in [9.17, 15) is 9.59 Å². The van der Waals surface area contributed by atoms with Crippen molar-refractivity contribution in [3.63, 3.8) is 0 Å². The number of methoxy groups -OCH3 is 1. The number of hydrogen-bond acceptors (Lipinski definition) is 4. The molecule has 166 valence electrons. The van der Waals surface area contributed by atoms with Crippen LogP contribution in [0.5, 0.6) is 11.5 Å². The number of anilines is 1. The van der Waals surface area contributed by atoms with Crippen molar-refractivity contribution in [3.8, 4) is 11.5 Å². The number of carbonyl (C=O) groups is 2. The van der Waals surface area contributed by atoms with Crippen LogP contribution in [0.4, 0.5) is 5.69 Å². The molecule has 0 heterocycles. The lowest BCUT2D eigenvalue weighted by Gasteiger charge is -2.21. The quantitative estimate of drug-likeness (QED) is 0.523. The zero-order valence-electron chi connectivity index (χ0n) is 18.4. The topological polar surface area (TPSA) is 67.9 Å². The van der Waals surface area contributed by atoms with Gasteiger partial charge < -0.3 is 19.7 Å². The maximum absolute atomic E-state index is 12.7. The van der Waals surface area contributed by atoms with E-state index in [0.717, 1.165) is 11.1 Å². The lowest BCUT2D eigenvalue weighted by molar-refractivity contribution is -0.136. The van der Waals surface area contributed by atoms with E-state index in [1.54, 1.807) is 19.2 Å². The predicted molar refractivity (Wildman–Crippen MR) is 125 cm³/mol. The van der Waals surface area contributed by atoms with Crippen LogP contribution in [0.1, 0.15) is 18.1 Å². The SMILES string of the molecule is CCN(CC(=O)Nc1ccccc1OC)C(=O)COc1ccccc1Cc1ccccc1. The van der Waals surface area contributed by atoms with Crippen molar-refractivity contribution in [2.75, 3.05) is 32.1 Å². The van der Waals surface area contributed by atoms with Crippen LogP contribution >= 0.6 is 0 Å². The Morgan fingerprint density at radius 3 is 2.25 bits per heavy atom. The van der Waals surface area contributed by atoms with E-state index in [1.165, 1.54) is 4.90 Å². The summed E-state index contributed by atoms with van der Waals surface area (Å²) in [5.74, 6) is 0.680. The van der Waals surface area contributed by atoms with Gasteiger partial charge in [-0.3, -0.25) is 9.59 Å². The molecule has 6 heteroatoms. The number of amides is 2. The first-order valence-electron chi connectivity index (χ1n) is 10.6. The summed E-state index contributed by atoms with van der Waals surface area (Å²) in [7, 11) is 1.54. The molecule has 0 atom stereocenters. The molecule has 0 aromatic heterocycles. The largest absolute Gasteiger partial charge is 0.495 e. The summed E-state index contributed by atoms with van der Waals surface area (Å²) in [5.41, 5.74) is 2.73. The van der Waals surface area contributed by atoms with Crippen LogP contribution in [0.3, 0.4) is 0 Å². The Morgan fingerprint density at radius 2 is 1.53 bits per heavy atom. The molecule has 0 fully saturated rings. The van der Waals surface area contributed by atoms with Gasteiger partial charge in [0.2, 0.25) is 5.91 Å². The molecule has 0 aliphatic rings. The third-order valence-corrected chi connectivity index (χ3v) is 5.01. The van der Waals surface area contributed by atoms with Crippen molar-refractivity contribution in [1.29, 1.82) is 0 Å². The molecule has 0 unspecified atom stereocenters. The van der Waals surface area contributed by atoms with Gasteiger partial charge in [0.25, 0.3) is 5.91 Å². The highest BCUT2D eigenvalue weighted by atomic mass is 16.5. The minimum atomic E-state index is -0.297. The Bertz CT molecular complexity index is 1040. The Kier molecular flexibility index (Phi) is 8.26. The Balaban J connectivity index is 1.58. The second-order valence-corrected chi connectivity index (χ2v) is 7.22. The van der Waals surface area contributed by atoms with Gasteiger partial charge >= 0.3 is 0 Å². The Hall–Kier alpha value is -3.80. The predicted octanol–water partition coefficient (Wildman–Crippen LogP) is 4.15. The molecule has 1 N–H and O–H groups in total. The fourth-order valence-electron chi connectivity index (χ4n) is 3.32. The van der Waals surface area contributed by atoms with Crippen LogP contribution < -0.4 is 14.8 Å². The van der Waals surface area contributed by atoms with E-state index in [4.69, 9.17) is 9.47 Å². The summed E-state index contributed by atoms with van der Waals surface area (Å²) in [5, 5.41) is 2.79. The normalized spacial score (nSPS) is 10.3. The smallest absolute Gasteiger partial charge is 0.260 e. The average Bonchev–Trinajstić information content (AvgIpc) is 2.82. The zero-order chi connectivity index (χ0) is 22.8. The maximum atomic E-state index is 12.7. The third-order valence-electron chi connectivity index (χ3n) is 5.01. The van der Waals surface area contributed by atoms with Crippen LogP contribution in [-0.2, 0) is 16.0 Å². The number of para-hydroxylation sites is 3. The summed E-state index contributed by atoms with van der Waals surface area (Å²) < 4.78 is 11.1. The number of nitrogens with one attached hydrogen (secondary N) is 1. The van der Waals surface area contributed by atoms with Crippen LogP contribution in [0.25, 0.3) is 0 Å². The number of likely N-dealkylation sites (N-methyl/N-ethyl adjacent to an activating group) is 1. The molecular weight excluding hydrogens is 404 g/mol. The lowest BCUT2D eigenvalue weighted by atomic mass is 10.0. The fourth-order valence-corrected chi connectivity index (χ4v) is 3.32. The summed E-state index contributed by atoms with van der Waals surface area (Å²) in [6.07, 6.45) is 0.712. The van der Waals surface area contributed by atoms with Gasteiger partial charge in [0.05, 0.1) is 19.3 Å². The van der Waals surface area contributed by atoms with Crippen molar-refractivity contribution in [2.24, 2.45) is 0 Å². The number of carbonyl (C=O) groups excluding carboxylic acids is 2. The minimum Gasteiger partial charge on any atom is -0.495 e. The summed E-state index contributed by atoms with van der Waals surface area (Å²) in [6, 6.07) is 24.9. The number of rotatable bonds is 10. The van der Waals surface area contributed by atoms with E-state index >= 15 is 0 Å². The molecule has 6 nitrogen and oxygen atoms in total. The van der Waals surface area contributed by atoms with Crippen molar-refractivity contribution in [3.05, 3.63) is 90.0 Å². The van der Waals surface area contributed by atoms with Crippen LogP contribution in [-0.4, -0.2) is 43.5 Å². The van der Waals surface area contributed by atoms with Crippen LogP contribution in [0.2, 0.25) is 0 Å². The number of nitrogens with zero attached hydrogens (tertiary/aromatic N) is 1. The number of hydrogen-bond donors (Lipinski definition) is 1. The van der Waals surface area contributed by atoms with Crippen molar-refractivity contribution < 1.29 is 19.1 Å². The fraction of sp³-hybridized carbons (Fsp3) is 0.231. The van der Waals surface area contributed by atoms with Crippen molar-refractivity contribution in [2.45, 2.75) is 13.3 Å². The van der Waals surface area contributed by atoms with E-state index in [-0.39, 0.29) is 25.0 Å². The van der Waals surface area contributed by atoms with Crippen LogP contribution in [0, 0.1) is 0 Å². The van der Waals surface area contributed by atoms with Gasteiger partial charge in [-0.1, -0.05) is 60.7 Å².